The van der Waals surface area contributed by atoms with Crippen LogP contribution in [0, 0.1) is 5.82 Å². The summed E-state index contributed by atoms with van der Waals surface area (Å²) in [6.07, 6.45) is 0. The molecule has 2 rings (SSSR count). The number of aromatic nitrogens is 2. The Hall–Kier alpha value is -1.95. The van der Waals surface area contributed by atoms with Crippen LogP contribution in [-0.4, -0.2) is 22.7 Å². The molecule has 0 aliphatic rings. The van der Waals surface area contributed by atoms with Crippen molar-refractivity contribution in [3.8, 4) is 11.5 Å². The Labute approximate surface area is 107 Å². The first-order chi connectivity index (χ1) is 8.61. The van der Waals surface area contributed by atoms with Gasteiger partial charge >= 0.3 is 5.97 Å². The van der Waals surface area contributed by atoms with E-state index in [1.165, 1.54) is 12.1 Å². The lowest BCUT2D eigenvalue weighted by Gasteiger charge is -1.96. The number of halogens is 2. The summed E-state index contributed by atoms with van der Waals surface area (Å²) in [4.78, 5) is 15.1. The SMILES string of the molecule is CCOC(=O)c1noc(-c2ccc(Cl)c(F)c2)n1. The molecule has 0 aliphatic carbocycles. The number of rotatable bonds is 3. The molecule has 94 valence electrons. The van der Waals surface area contributed by atoms with Crippen molar-refractivity contribution in [1.82, 2.24) is 10.1 Å². The molecule has 0 aliphatic heterocycles. The third kappa shape index (κ3) is 2.48. The summed E-state index contributed by atoms with van der Waals surface area (Å²) in [5, 5.41) is 3.44. The summed E-state index contributed by atoms with van der Waals surface area (Å²) >= 11 is 5.55. The molecule has 0 saturated heterocycles. The van der Waals surface area contributed by atoms with Gasteiger partial charge < -0.3 is 9.26 Å². The quantitative estimate of drug-likeness (QED) is 0.802. The standard InChI is InChI=1S/C11H8ClFN2O3/c1-2-17-11(16)9-14-10(18-15-9)6-3-4-7(12)8(13)5-6/h3-5H,2H2,1H3. The van der Waals surface area contributed by atoms with Crippen LogP contribution in [0.15, 0.2) is 22.7 Å². The summed E-state index contributed by atoms with van der Waals surface area (Å²) in [7, 11) is 0. The van der Waals surface area contributed by atoms with Gasteiger partial charge in [0.1, 0.15) is 5.82 Å². The maximum absolute atomic E-state index is 13.2. The van der Waals surface area contributed by atoms with E-state index in [4.69, 9.17) is 20.9 Å². The molecule has 0 N–H and O–H groups in total. The molecule has 0 atom stereocenters. The van der Waals surface area contributed by atoms with Crippen LogP contribution in [0.5, 0.6) is 0 Å². The van der Waals surface area contributed by atoms with E-state index >= 15 is 0 Å². The summed E-state index contributed by atoms with van der Waals surface area (Å²) in [6, 6.07) is 4.01. The van der Waals surface area contributed by atoms with Gasteiger partial charge in [-0.3, -0.25) is 0 Å². The van der Waals surface area contributed by atoms with Gasteiger partial charge in [0.25, 0.3) is 11.7 Å². The monoisotopic (exact) mass is 270 g/mol. The minimum absolute atomic E-state index is 0.0103. The zero-order valence-electron chi connectivity index (χ0n) is 9.31. The second kappa shape index (κ2) is 5.14. The van der Waals surface area contributed by atoms with Crippen LogP contribution in [0.4, 0.5) is 4.39 Å². The van der Waals surface area contributed by atoms with Gasteiger partial charge in [-0.25, -0.2) is 9.18 Å². The first kappa shape index (κ1) is 12.5. The van der Waals surface area contributed by atoms with Gasteiger partial charge in [0, 0.05) is 5.56 Å². The average molecular weight is 271 g/mol. The number of carbonyl (C=O) groups is 1. The van der Waals surface area contributed by atoms with Crippen molar-refractivity contribution in [1.29, 1.82) is 0 Å². The van der Waals surface area contributed by atoms with Crippen LogP contribution in [0.2, 0.25) is 5.02 Å². The maximum Gasteiger partial charge on any atom is 0.379 e. The Balaban J connectivity index is 2.29. The predicted octanol–water partition coefficient (Wildman–Crippen LogP) is 2.71. The Morgan fingerprint density at radius 1 is 1.56 bits per heavy atom. The highest BCUT2D eigenvalue weighted by atomic mass is 35.5. The van der Waals surface area contributed by atoms with Crippen molar-refractivity contribution in [3.63, 3.8) is 0 Å². The Bertz CT molecular complexity index is 585. The van der Waals surface area contributed by atoms with Crippen molar-refractivity contribution >= 4 is 17.6 Å². The van der Waals surface area contributed by atoms with E-state index in [-0.39, 0.29) is 23.3 Å². The van der Waals surface area contributed by atoms with Crippen LogP contribution >= 0.6 is 11.6 Å². The Morgan fingerprint density at radius 3 is 3.00 bits per heavy atom. The molecule has 0 fully saturated rings. The number of nitrogens with zero attached hydrogens (tertiary/aromatic N) is 2. The van der Waals surface area contributed by atoms with E-state index in [9.17, 15) is 9.18 Å². The van der Waals surface area contributed by atoms with Crippen LogP contribution in [0.1, 0.15) is 17.5 Å². The van der Waals surface area contributed by atoms with Crippen LogP contribution in [-0.2, 0) is 4.74 Å². The Kier molecular flexibility index (Phi) is 3.57. The van der Waals surface area contributed by atoms with E-state index in [0.717, 1.165) is 6.07 Å². The number of ether oxygens (including phenoxy) is 1. The lowest BCUT2D eigenvalue weighted by atomic mass is 10.2. The highest BCUT2D eigenvalue weighted by Crippen LogP contribution is 2.22. The van der Waals surface area contributed by atoms with Gasteiger partial charge in [-0.15, -0.1) is 0 Å². The van der Waals surface area contributed by atoms with Crippen molar-refractivity contribution in [2.24, 2.45) is 0 Å². The molecule has 0 bridgehead atoms. The minimum Gasteiger partial charge on any atom is -0.460 e. The number of esters is 1. The molecule has 1 heterocycles. The fraction of sp³-hybridized carbons (Fsp3) is 0.182. The van der Waals surface area contributed by atoms with Crippen molar-refractivity contribution in [2.45, 2.75) is 6.92 Å². The summed E-state index contributed by atoms with van der Waals surface area (Å²) in [5.41, 5.74) is 0.333. The molecule has 1 aromatic carbocycles. The molecule has 1 aromatic heterocycles. The topological polar surface area (TPSA) is 65.2 Å². The third-order valence-electron chi connectivity index (χ3n) is 2.05. The number of benzene rings is 1. The van der Waals surface area contributed by atoms with Gasteiger partial charge in [-0.05, 0) is 30.3 Å². The molecule has 0 saturated carbocycles. The zero-order chi connectivity index (χ0) is 13.1. The van der Waals surface area contributed by atoms with Gasteiger partial charge in [-0.2, -0.15) is 4.98 Å². The van der Waals surface area contributed by atoms with E-state index in [2.05, 4.69) is 10.1 Å². The number of hydrogen-bond donors (Lipinski definition) is 0. The van der Waals surface area contributed by atoms with Crippen LogP contribution in [0.3, 0.4) is 0 Å². The van der Waals surface area contributed by atoms with Crippen molar-refractivity contribution < 1.29 is 18.4 Å². The second-order valence-electron chi connectivity index (χ2n) is 3.27. The van der Waals surface area contributed by atoms with Gasteiger partial charge in [0.2, 0.25) is 0 Å². The molecule has 0 radical (unpaired) electrons. The first-order valence-electron chi connectivity index (χ1n) is 5.08. The van der Waals surface area contributed by atoms with Crippen molar-refractivity contribution in [2.75, 3.05) is 6.61 Å². The fourth-order valence-corrected chi connectivity index (χ4v) is 1.37. The molecular weight excluding hydrogens is 263 g/mol. The summed E-state index contributed by atoms with van der Waals surface area (Å²) < 4.78 is 22.8. The largest absolute Gasteiger partial charge is 0.460 e. The highest BCUT2D eigenvalue weighted by molar-refractivity contribution is 6.30. The molecule has 18 heavy (non-hydrogen) atoms. The molecule has 7 heteroatoms. The first-order valence-corrected chi connectivity index (χ1v) is 5.46. The molecule has 2 aromatic rings. The lowest BCUT2D eigenvalue weighted by molar-refractivity contribution is 0.0508. The highest BCUT2D eigenvalue weighted by Gasteiger charge is 2.17. The van der Waals surface area contributed by atoms with Gasteiger partial charge in [0.05, 0.1) is 11.6 Å². The number of hydrogen-bond acceptors (Lipinski definition) is 5. The minimum atomic E-state index is -0.693. The number of carbonyl (C=O) groups excluding carboxylic acids is 1. The smallest absolute Gasteiger partial charge is 0.379 e. The Morgan fingerprint density at radius 2 is 2.33 bits per heavy atom. The molecule has 0 unspecified atom stereocenters. The third-order valence-corrected chi connectivity index (χ3v) is 2.36. The molecule has 0 spiro atoms. The summed E-state index contributed by atoms with van der Waals surface area (Å²) in [5.74, 6) is -1.48. The van der Waals surface area contributed by atoms with Crippen LogP contribution < -0.4 is 0 Å². The van der Waals surface area contributed by atoms with Gasteiger partial charge in [-0.1, -0.05) is 11.6 Å². The molecule has 5 nitrogen and oxygen atoms in total. The lowest BCUT2D eigenvalue weighted by Crippen LogP contribution is -2.06. The zero-order valence-corrected chi connectivity index (χ0v) is 10.1. The average Bonchev–Trinajstić information content (AvgIpc) is 2.82. The van der Waals surface area contributed by atoms with Gasteiger partial charge in [0.15, 0.2) is 0 Å². The molecular formula is C11H8ClFN2O3. The van der Waals surface area contributed by atoms with E-state index in [1.54, 1.807) is 6.92 Å². The molecule has 0 amide bonds. The fourth-order valence-electron chi connectivity index (χ4n) is 1.25. The van der Waals surface area contributed by atoms with Crippen molar-refractivity contribution in [3.05, 3.63) is 34.9 Å². The van der Waals surface area contributed by atoms with E-state index in [0.29, 0.717) is 5.56 Å². The van der Waals surface area contributed by atoms with Crippen LogP contribution in [0.25, 0.3) is 11.5 Å². The maximum atomic E-state index is 13.2. The van der Waals surface area contributed by atoms with E-state index in [1.807, 2.05) is 0 Å². The summed E-state index contributed by atoms with van der Waals surface area (Å²) in [6.45, 7) is 1.87. The van der Waals surface area contributed by atoms with E-state index < -0.39 is 11.8 Å². The normalized spacial score (nSPS) is 10.4. The second-order valence-corrected chi connectivity index (χ2v) is 3.68. The predicted molar refractivity (Wildman–Crippen MR) is 60.7 cm³/mol.